The number of carbonyl (C=O) groups excluding carboxylic acids is 1. The number of rotatable bonds is 5. The number of carbonyl (C=O) groups is 1. The fourth-order valence-electron chi connectivity index (χ4n) is 2.64. The molecule has 154 valence electrons. The van der Waals surface area contributed by atoms with Gasteiger partial charge in [0, 0.05) is 17.6 Å². The summed E-state index contributed by atoms with van der Waals surface area (Å²) in [5.74, 6) is 2.10. The lowest BCUT2D eigenvalue weighted by atomic mass is 10.1. The first-order valence-electron chi connectivity index (χ1n) is 8.45. The smallest absolute Gasteiger partial charge is 0.417 e. The molecular formula is C20H16ClF3O3S2. The fourth-order valence-corrected chi connectivity index (χ4v) is 5.70. The van der Waals surface area contributed by atoms with Crippen LogP contribution in [0.15, 0.2) is 42.5 Å². The molecule has 3 nitrogen and oxygen atoms in total. The summed E-state index contributed by atoms with van der Waals surface area (Å²) in [5, 5.41) is -0.402. The van der Waals surface area contributed by atoms with Crippen LogP contribution >= 0.6 is 35.1 Å². The molecule has 0 N–H and O–H groups in total. The third kappa shape index (κ3) is 5.65. The molecule has 0 bridgehead atoms. The number of esters is 1. The highest BCUT2D eigenvalue weighted by atomic mass is 35.5. The van der Waals surface area contributed by atoms with E-state index in [9.17, 15) is 18.0 Å². The molecule has 9 heteroatoms. The van der Waals surface area contributed by atoms with Gasteiger partial charge in [0.05, 0.1) is 22.3 Å². The van der Waals surface area contributed by atoms with Gasteiger partial charge < -0.3 is 9.47 Å². The normalized spacial score (nSPS) is 15.1. The van der Waals surface area contributed by atoms with Crippen LogP contribution in [0.5, 0.6) is 11.5 Å². The predicted octanol–water partition coefficient (Wildman–Crippen LogP) is 6.46. The van der Waals surface area contributed by atoms with Crippen LogP contribution in [0.3, 0.4) is 0 Å². The Morgan fingerprint density at radius 1 is 1.14 bits per heavy atom. The van der Waals surface area contributed by atoms with Crippen LogP contribution in [-0.2, 0) is 11.0 Å². The van der Waals surface area contributed by atoms with E-state index in [1.165, 1.54) is 19.3 Å². The van der Waals surface area contributed by atoms with Crippen LogP contribution in [0.1, 0.15) is 21.3 Å². The van der Waals surface area contributed by atoms with Gasteiger partial charge in [-0.1, -0.05) is 23.7 Å². The number of methoxy groups -OCH3 is 1. The lowest BCUT2D eigenvalue weighted by Gasteiger charge is -2.13. The summed E-state index contributed by atoms with van der Waals surface area (Å²) in [7, 11) is 1.48. The van der Waals surface area contributed by atoms with Crippen molar-refractivity contribution in [3.63, 3.8) is 0 Å². The minimum absolute atomic E-state index is 0.177. The van der Waals surface area contributed by atoms with Gasteiger partial charge >= 0.3 is 12.1 Å². The number of alkyl halides is 3. The minimum Gasteiger partial charge on any atom is -0.493 e. The molecule has 0 radical (unpaired) electrons. The van der Waals surface area contributed by atoms with E-state index in [2.05, 4.69) is 0 Å². The second kappa shape index (κ2) is 9.36. The molecule has 0 aromatic heterocycles. The van der Waals surface area contributed by atoms with E-state index in [-0.39, 0.29) is 11.3 Å². The quantitative estimate of drug-likeness (QED) is 0.290. The van der Waals surface area contributed by atoms with Gasteiger partial charge in [-0.3, -0.25) is 0 Å². The van der Waals surface area contributed by atoms with Crippen molar-refractivity contribution in [3.05, 3.63) is 64.2 Å². The Hall–Kier alpha value is -1.77. The molecule has 29 heavy (non-hydrogen) atoms. The molecule has 0 amide bonds. The Kier molecular flexibility index (Phi) is 7.08. The molecule has 0 saturated carbocycles. The molecule has 0 aliphatic carbocycles. The van der Waals surface area contributed by atoms with Crippen LogP contribution in [0.25, 0.3) is 6.08 Å². The van der Waals surface area contributed by atoms with Crippen LogP contribution < -0.4 is 9.47 Å². The molecule has 0 atom stereocenters. The van der Waals surface area contributed by atoms with Crippen molar-refractivity contribution in [2.24, 2.45) is 0 Å². The highest BCUT2D eigenvalue weighted by molar-refractivity contribution is 8.19. The summed E-state index contributed by atoms with van der Waals surface area (Å²) in [5.41, 5.74) is 0.288. The maximum atomic E-state index is 12.9. The Morgan fingerprint density at radius 3 is 2.52 bits per heavy atom. The highest BCUT2D eigenvalue weighted by Gasteiger charge is 2.33. The van der Waals surface area contributed by atoms with Crippen LogP contribution in [0, 0.1) is 0 Å². The largest absolute Gasteiger partial charge is 0.493 e. The van der Waals surface area contributed by atoms with Gasteiger partial charge in [0.1, 0.15) is 0 Å². The van der Waals surface area contributed by atoms with Gasteiger partial charge in [0.25, 0.3) is 0 Å². The SMILES string of the molecule is COc1cc(C2SCCS2)ccc1OC(=O)/C=C/c1ccc(Cl)c(C(F)(F)F)c1. The average molecular weight is 461 g/mol. The topological polar surface area (TPSA) is 35.5 Å². The monoisotopic (exact) mass is 460 g/mol. The molecule has 1 aliphatic heterocycles. The average Bonchev–Trinajstić information content (AvgIpc) is 3.21. The van der Waals surface area contributed by atoms with Crippen molar-refractivity contribution in [3.8, 4) is 11.5 Å². The summed E-state index contributed by atoms with van der Waals surface area (Å²) >= 11 is 9.28. The molecular weight excluding hydrogens is 445 g/mol. The lowest BCUT2D eigenvalue weighted by molar-refractivity contribution is -0.137. The maximum absolute atomic E-state index is 12.9. The van der Waals surface area contributed by atoms with Gasteiger partial charge in [-0.25, -0.2) is 4.79 Å². The molecule has 1 heterocycles. The van der Waals surface area contributed by atoms with E-state index in [0.717, 1.165) is 35.3 Å². The Bertz CT molecular complexity index is 926. The number of hydrogen-bond acceptors (Lipinski definition) is 5. The van der Waals surface area contributed by atoms with Crippen LogP contribution in [0.2, 0.25) is 5.02 Å². The van der Waals surface area contributed by atoms with Crippen molar-refractivity contribution in [2.45, 2.75) is 10.8 Å². The number of hydrogen-bond donors (Lipinski definition) is 0. The van der Waals surface area contributed by atoms with Crippen molar-refractivity contribution in [2.75, 3.05) is 18.6 Å². The highest BCUT2D eigenvalue weighted by Crippen LogP contribution is 2.47. The molecule has 1 fully saturated rings. The zero-order valence-electron chi connectivity index (χ0n) is 15.2. The fraction of sp³-hybridized carbons (Fsp3) is 0.250. The number of ether oxygens (including phenoxy) is 2. The Balaban J connectivity index is 1.72. The number of benzene rings is 2. The third-order valence-electron chi connectivity index (χ3n) is 4.00. The molecule has 1 saturated heterocycles. The Morgan fingerprint density at radius 2 is 1.86 bits per heavy atom. The van der Waals surface area contributed by atoms with E-state index >= 15 is 0 Å². The van der Waals surface area contributed by atoms with Crippen molar-refractivity contribution in [1.29, 1.82) is 0 Å². The molecule has 0 spiro atoms. The second-order valence-electron chi connectivity index (χ2n) is 5.98. The first-order valence-corrected chi connectivity index (χ1v) is 10.9. The maximum Gasteiger partial charge on any atom is 0.417 e. The molecule has 2 aromatic carbocycles. The molecule has 0 unspecified atom stereocenters. The zero-order valence-corrected chi connectivity index (χ0v) is 17.6. The van der Waals surface area contributed by atoms with Crippen LogP contribution in [0.4, 0.5) is 13.2 Å². The van der Waals surface area contributed by atoms with Gasteiger partial charge in [-0.15, -0.1) is 23.5 Å². The van der Waals surface area contributed by atoms with E-state index in [1.807, 2.05) is 35.7 Å². The van der Waals surface area contributed by atoms with Crippen molar-refractivity contribution >= 4 is 47.2 Å². The standard InChI is InChI=1S/C20H16ClF3O3S2/c1-26-17-11-13(19-28-8-9-29-19)4-6-16(17)27-18(25)7-3-12-2-5-15(21)14(10-12)20(22,23)24/h2-7,10-11,19H,8-9H2,1H3/b7-3+. The predicted molar refractivity (Wildman–Crippen MR) is 112 cm³/mol. The molecule has 3 rings (SSSR count). The van der Waals surface area contributed by atoms with Gasteiger partial charge in [0.2, 0.25) is 0 Å². The first kappa shape index (κ1) is 21.9. The van der Waals surface area contributed by atoms with E-state index < -0.39 is 22.7 Å². The van der Waals surface area contributed by atoms with Gasteiger partial charge in [0.15, 0.2) is 11.5 Å². The third-order valence-corrected chi connectivity index (χ3v) is 7.43. The summed E-state index contributed by atoms with van der Waals surface area (Å²) < 4.78 is 49.7. The van der Waals surface area contributed by atoms with E-state index in [0.29, 0.717) is 10.3 Å². The van der Waals surface area contributed by atoms with Crippen molar-refractivity contribution in [1.82, 2.24) is 0 Å². The zero-order chi connectivity index (χ0) is 21.0. The van der Waals surface area contributed by atoms with Crippen molar-refractivity contribution < 1.29 is 27.4 Å². The second-order valence-corrected chi connectivity index (χ2v) is 9.11. The summed E-state index contributed by atoms with van der Waals surface area (Å²) in [6.07, 6.45) is -2.29. The number of thioether (sulfide) groups is 2. The summed E-state index contributed by atoms with van der Waals surface area (Å²) in [4.78, 5) is 12.1. The summed E-state index contributed by atoms with van der Waals surface area (Å²) in [6.45, 7) is 0. The van der Waals surface area contributed by atoms with Crippen LogP contribution in [-0.4, -0.2) is 24.6 Å². The minimum atomic E-state index is -4.58. The Labute approximate surface area is 179 Å². The lowest BCUT2D eigenvalue weighted by Crippen LogP contribution is -2.06. The molecule has 2 aromatic rings. The first-order chi connectivity index (χ1) is 13.8. The van der Waals surface area contributed by atoms with Gasteiger partial charge in [-0.2, -0.15) is 13.2 Å². The molecule has 1 aliphatic rings. The van der Waals surface area contributed by atoms with E-state index in [1.54, 1.807) is 6.07 Å². The number of halogens is 4. The summed E-state index contributed by atoms with van der Waals surface area (Å²) in [6, 6.07) is 8.75. The van der Waals surface area contributed by atoms with Gasteiger partial charge in [-0.05, 0) is 41.5 Å². The van der Waals surface area contributed by atoms with E-state index in [4.69, 9.17) is 21.1 Å².